The zero-order valence-electron chi connectivity index (χ0n) is 11.7. The number of nitrogens with zero attached hydrogens (tertiary/aromatic N) is 2. The van der Waals surface area contributed by atoms with E-state index in [0.717, 1.165) is 12.1 Å². The Morgan fingerprint density at radius 1 is 1.42 bits per heavy atom. The largest absolute Gasteiger partial charge is 0.370 e. The van der Waals surface area contributed by atoms with E-state index in [4.69, 9.17) is 5.73 Å². The van der Waals surface area contributed by atoms with Crippen LogP contribution >= 0.6 is 0 Å². The third-order valence-electron chi connectivity index (χ3n) is 3.66. The molecule has 1 aromatic heterocycles. The van der Waals surface area contributed by atoms with E-state index in [9.17, 15) is 0 Å². The quantitative estimate of drug-likeness (QED) is 0.645. The van der Waals surface area contributed by atoms with Gasteiger partial charge in [0.1, 0.15) is 0 Å². The number of hydrogen-bond acceptors (Lipinski definition) is 2. The summed E-state index contributed by atoms with van der Waals surface area (Å²) in [6.07, 6.45) is 9.22. The van der Waals surface area contributed by atoms with E-state index in [0.29, 0.717) is 18.5 Å². The molecule has 0 saturated heterocycles. The van der Waals surface area contributed by atoms with Gasteiger partial charge in [0, 0.05) is 12.2 Å². The molecule has 1 aromatic rings. The van der Waals surface area contributed by atoms with Crippen molar-refractivity contribution >= 4 is 5.96 Å². The third kappa shape index (κ3) is 4.54. The van der Waals surface area contributed by atoms with Gasteiger partial charge in [-0.3, -0.25) is 4.98 Å². The first-order chi connectivity index (χ1) is 9.28. The predicted octanol–water partition coefficient (Wildman–Crippen LogP) is 2.38. The normalized spacial score (nSPS) is 17.4. The van der Waals surface area contributed by atoms with Crippen LogP contribution in [0.25, 0.3) is 0 Å². The van der Waals surface area contributed by atoms with Crippen LogP contribution in [0.2, 0.25) is 0 Å². The van der Waals surface area contributed by atoms with Crippen molar-refractivity contribution in [2.45, 2.75) is 58.0 Å². The van der Waals surface area contributed by atoms with Crippen LogP contribution in [0.5, 0.6) is 0 Å². The van der Waals surface area contributed by atoms with Gasteiger partial charge in [0.15, 0.2) is 5.96 Å². The third-order valence-corrected chi connectivity index (χ3v) is 3.66. The Balaban J connectivity index is 1.86. The fourth-order valence-corrected chi connectivity index (χ4v) is 2.50. The molecule has 1 fully saturated rings. The number of nitrogens with two attached hydrogens (primary N) is 1. The highest BCUT2D eigenvalue weighted by Crippen LogP contribution is 2.17. The van der Waals surface area contributed by atoms with Gasteiger partial charge >= 0.3 is 0 Å². The van der Waals surface area contributed by atoms with Crippen molar-refractivity contribution in [1.82, 2.24) is 10.3 Å². The second-order valence-electron chi connectivity index (χ2n) is 5.19. The minimum absolute atomic E-state index is 0.507. The van der Waals surface area contributed by atoms with E-state index in [2.05, 4.69) is 28.3 Å². The average molecular weight is 260 g/mol. The van der Waals surface area contributed by atoms with Gasteiger partial charge in [0.2, 0.25) is 0 Å². The number of rotatable bonds is 4. The molecule has 0 unspecified atom stereocenters. The lowest BCUT2D eigenvalue weighted by Gasteiger charge is -2.23. The standard InChI is InChI=1S/C15H24N4/c1-2-12-8-9-17-14(10-12)11-18-15(16)19-13-6-4-3-5-7-13/h8-10,13H,2-7,11H2,1H3,(H3,16,18,19). The van der Waals surface area contributed by atoms with E-state index < -0.39 is 0 Å². The number of guanidine groups is 1. The molecule has 4 nitrogen and oxygen atoms in total. The average Bonchev–Trinajstić information content (AvgIpc) is 2.46. The van der Waals surface area contributed by atoms with Crippen molar-refractivity contribution in [3.63, 3.8) is 0 Å². The molecule has 1 heterocycles. The SMILES string of the molecule is CCc1ccnc(CN=C(N)NC2CCCCC2)c1. The van der Waals surface area contributed by atoms with Gasteiger partial charge in [0.05, 0.1) is 12.2 Å². The number of aliphatic imine (C=N–C) groups is 1. The molecule has 1 saturated carbocycles. The lowest BCUT2D eigenvalue weighted by Crippen LogP contribution is -2.41. The van der Waals surface area contributed by atoms with Crippen molar-refractivity contribution in [3.05, 3.63) is 29.6 Å². The number of hydrogen-bond donors (Lipinski definition) is 2. The van der Waals surface area contributed by atoms with E-state index >= 15 is 0 Å². The molecule has 0 aliphatic heterocycles. The molecule has 0 bridgehead atoms. The van der Waals surface area contributed by atoms with Crippen molar-refractivity contribution in [2.75, 3.05) is 0 Å². The molecule has 0 radical (unpaired) electrons. The van der Waals surface area contributed by atoms with Gasteiger partial charge in [-0.15, -0.1) is 0 Å². The summed E-state index contributed by atoms with van der Waals surface area (Å²) in [6, 6.07) is 4.64. The summed E-state index contributed by atoms with van der Waals surface area (Å²) < 4.78 is 0. The lowest BCUT2D eigenvalue weighted by atomic mass is 9.96. The van der Waals surface area contributed by atoms with E-state index in [1.165, 1.54) is 37.7 Å². The van der Waals surface area contributed by atoms with Gasteiger partial charge in [-0.05, 0) is 37.0 Å². The number of aryl methyl sites for hydroxylation is 1. The highest BCUT2D eigenvalue weighted by Gasteiger charge is 2.13. The second-order valence-corrected chi connectivity index (χ2v) is 5.19. The molecule has 1 aliphatic rings. The van der Waals surface area contributed by atoms with Crippen molar-refractivity contribution in [2.24, 2.45) is 10.7 Å². The van der Waals surface area contributed by atoms with Gasteiger partial charge in [-0.25, -0.2) is 4.99 Å². The highest BCUT2D eigenvalue weighted by molar-refractivity contribution is 5.78. The van der Waals surface area contributed by atoms with Crippen LogP contribution in [0, 0.1) is 0 Å². The van der Waals surface area contributed by atoms with Gasteiger partial charge in [-0.1, -0.05) is 26.2 Å². The van der Waals surface area contributed by atoms with Crippen LogP contribution in [0.15, 0.2) is 23.3 Å². The van der Waals surface area contributed by atoms with Crippen LogP contribution < -0.4 is 11.1 Å². The first-order valence-corrected chi connectivity index (χ1v) is 7.28. The summed E-state index contributed by atoms with van der Waals surface area (Å²) in [7, 11) is 0. The highest BCUT2D eigenvalue weighted by atomic mass is 15.1. The predicted molar refractivity (Wildman–Crippen MR) is 79.0 cm³/mol. The number of aromatic nitrogens is 1. The first-order valence-electron chi connectivity index (χ1n) is 7.28. The Morgan fingerprint density at radius 3 is 2.95 bits per heavy atom. The summed E-state index contributed by atoms with van der Waals surface area (Å²) in [5.41, 5.74) is 8.20. The Kier molecular flexibility index (Phi) is 5.19. The molecule has 3 N–H and O–H groups in total. The molecular weight excluding hydrogens is 236 g/mol. The molecule has 4 heteroatoms. The minimum Gasteiger partial charge on any atom is -0.370 e. The summed E-state index contributed by atoms with van der Waals surface area (Å²) >= 11 is 0. The first kappa shape index (κ1) is 13.8. The van der Waals surface area contributed by atoms with Crippen LogP contribution in [0.3, 0.4) is 0 Å². The molecule has 0 atom stereocenters. The van der Waals surface area contributed by atoms with Crippen LogP contribution in [0.1, 0.15) is 50.3 Å². The fourth-order valence-electron chi connectivity index (χ4n) is 2.50. The van der Waals surface area contributed by atoms with Crippen LogP contribution in [-0.4, -0.2) is 17.0 Å². The molecule has 0 amide bonds. The van der Waals surface area contributed by atoms with E-state index in [1.807, 2.05) is 12.3 Å². The maximum absolute atomic E-state index is 5.93. The Morgan fingerprint density at radius 2 is 2.21 bits per heavy atom. The topological polar surface area (TPSA) is 63.3 Å². The second kappa shape index (κ2) is 7.12. The van der Waals surface area contributed by atoms with Gasteiger partial charge in [0.25, 0.3) is 0 Å². The molecular formula is C15H24N4. The van der Waals surface area contributed by atoms with Crippen molar-refractivity contribution in [3.8, 4) is 0 Å². The van der Waals surface area contributed by atoms with Gasteiger partial charge < -0.3 is 11.1 Å². The number of pyridine rings is 1. The maximum Gasteiger partial charge on any atom is 0.189 e. The smallest absolute Gasteiger partial charge is 0.189 e. The Hall–Kier alpha value is -1.58. The molecule has 0 spiro atoms. The zero-order chi connectivity index (χ0) is 13.5. The maximum atomic E-state index is 5.93. The summed E-state index contributed by atoms with van der Waals surface area (Å²) in [5.74, 6) is 0.551. The Bertz CT molecular complexity index is 422. The Labute approximate surface area is 115 Å². The number of nitrogens with one attached hydrogen (secondary N) is 1. The van der Waals surface area contributed by atoms with E-state index in [-0.39, 0.29) is 0 Å². The monoisotopic (exact) mass is 260 g/mol. The summed E-state index contributed by atoms with van der Waals surface area (Å²) in [5, 5.41) is 3.32. The van der Waals surface area contributed by atoms with Crippen molar-refractivity contribution in [1.29, 1.82) is 0 Å². The van der Waals surface area contributed by atoms with E-state index in [1.54, 1.807) is 0 Å². The van der Waals surface area contributed by atoms with Crippen LogP contribution in [-0.2, 0) is 13.0 Å². The summed E-state index contributed by atoms with van der Waals surface area (Å²) in [4.78, 5) is 8.70. The fraction of sp³-hybridized carbons (Fsp3) is 0.600. The minimum atomic E-state index is 0.507. The zero-order valence-corrected chi connectivity index (χ0v) is 11.7. The molecule has 1 aliphatic carbocycles. The van der Waals surface area contributed by atoms with Crippen LogP contribution in [0.4, 0.5) is 0 Å². The molecule has 19 heavy (non-hydrogen) atoms. The summed E-state index contributed by atoms with van der Waals surface area (Å²) in [6.45, 7) is 2.70. The molecule has 104 valence electrons. The molecule has 2 rings (SSSR count). The van der Waals surface area contributed by atoms with Crippen molar-refractivity contribution < 1.29 is 0 Å². The molecule has 0 aromatic carbocycles. The lowest BCUT2D eigenvalue weighted by molar-refractivity contribution is 0.412. The van der Waals surface area contributed by atoms with Gasteiger partial charge in [-0.2, -0.15) is 0 Å².